The first-order valence-electron chi connectivity index (χ1n) is 7.93. The largest absolute Gasteiger partial charge is 0.391 e. The molecule has 1 aromatic carbocycles. The van der Waals surface area contributed by atoms with Crippen molar-refractivity contribution in [1.82, 2.24) is 4.90 Å². The van der Waals surface area contributed by atoms with Gasteiger partial charge in [-0.2, -0.15) is 0 Å². The fourth-order valence-electron chi connectivity index (χ4n) is 2.97. The molecule has 4 nitrogen and oxygen atoms in total. The van der Waals surface area contributed by atoms with Gasteiger partial charge in [-0.15, -0.1) is 0 Å². The summed E-state index contributed by atoms with van der Waals surface area (Å²) in [6.45, 7) is 2.95. The molecule has 0 aliphatic heterocycles. The van der Waals surface area contributed by atoms with Crippen molar-refractivity contribution in [1.29, 1.82) is 0 Å². The lowest BCUT2D eigenvalue weighted by Crippen LogP contribution is -2.46. The summed E-state index contributed by atoms with van der Waals surface area (Å²) in [5.41, 5.74) is 1.56. The van der Waals surface area contributed by atoms with Crippen LogP contribution in [0.3, 0.4) is 0 Å². The minimum Gasteiger partial charge on any atom is -0.391 e. The van der Waals surface area contributed by atoms with Crippen LogP contribution in [0.25, 0.3) is 0 Å². The first-order chi connectivity index (χ1) is 10.1. The van der Waals surface area contributed by atoms with E-state index in [1.807, 2.05) is 24.3 Å². The van der Waals surface area contributed by atoms with E-state index in [1.54, 1.807) is 11.9 Å². The molecule has 2 N–H and O–H groups in total. The van der Waals surface area contributed by atoms with Crippen molar-refractivity contribution in [3.05, 3.63) is 29.8 Å². The Bertz CT molecular complexity index is 476. The van der Waals surface area contributed by atoms with Crippen LogP contribution >= 0.6 is 0 Å². The van der Waals surface area contributed by atoms with Gasteiger partial charge in [0, 0.05) is 19.3 Å². The van der Waals surface area contributed by atoms with Crippen LogP contribution in [0, 0.1) is 0 Å². The van der Waals surface area contributed by atoms with Crippen LogP contribution in [0.15, 0.2) is 24.3 Å². The zero-order chi connectivity index (χ0) is 15.2. The Morgan fingerprint density at radius 1 is 1.33 bits per heavy atom. The summed E-state index contributed by atoms with van der Waals surface area (Å²) in [6, 6.07) is 7.55. The summed E-state index contributed by atoms with van der Waals surface area (Å²) in [7, 11) is 1.80. The quantitative estimate of drug-likeness (QED) is 0.876. The lowest BCUT2D eigenvalue weighted by Gasteiger charge is -2.35. The van der Waals surface area contributed by atoms with Gasteiger partial charge in [0.2, 0.25) is 0 Å². The number of aliphatic hydroxyl groups excluding tert-OH is 1. The van der Waals surface area contributed by atoms with Gasteiger partial charge in [-0.1, -0.05) is 31.9 Å². The van der Waals surface area contributed by atoms with Crippen molar-refractivity contribution in [3.8, 4) is 0 Å². The van der Waals surface area contributed by atoms with Gasteiger partial charge in [-0.05, 0) is 31.4 Å². The third-order valence-electron chi connectivity index (χ3n) is 4.23. The van der Waals surface area contributed by atoms with Gasteiger partial charge in [0.05, 0.1) is 17.7 Å². The van der Waals surface area contributed by atoms with E-state index >= 15 is 0 Å². The molecule has 0 aromatic heterocycles. The van der Waals surface area contributed by atoms with E-state index in [1.165, 1.54) is 0 Å². The Kier molecular flexibility index (Phi) is 5.62. The van der Waals surface area contributed by atoms with Gasteiger partial charge >= 0.3 is 0 Å². The zero-order valence-corrected chi connectivity index (χ0v) is 13.0. The Balaban J connectivity index is 2.15. The zero-order valence-electron chi connectivity index (χ0n) is 13.0. The number of likely N-dealkylation sites (N-methyl/N-ethyl adjacent to an activating group) is 1. The highest BCUT2D eigenvalue weighted by atomic mass is 16.3. The second kappa shape index (κ2) is 7.46. The molecule has 0 radical (unpaired) electrons. The number of anilines is 1. The number of hydrogen-bond acceptors (Lipinski definition) is 3. The topological polar surface area (TPSA) is 52.6 Å². The maximum Gasteiger partial charge on any atom is 0.256 e. The lowest BCUT2D eigenvalue weighted by atomic mass is 9.91. The Labute approximate surface area is 127 Å². The Morgan fingerprint density at radius 3 is 2.76 bits per heavy atom. The third kappa shape index (κ3) is 3.76. The van der Waals surface area contributed by atoms with Crippen molar-refractivity contribution >= 4 is 11.6 Å². The number of benzene rings is 1. The summed E-state index contributed by atoms with van der Waals surface area (Å²) >= 11 is 0. The molecule has 116 valence electrons. The number of carbonyl (C=O) groups excluding carboxylic acids is 1. The van der Waals surface area contributed by atoms with Gasteiger partial charge in [-0.25, -0.2) is 0 Å². The molecule has 0 bridgehead atoms. The maximum atomic E-state index is 12.7. The first-order valence-corrected chi connectivity index (χ1v) is 7.93. The Morgan fingerprint density at radius 2 is 2.05 bits per heavy atom. The fraction of sp³-hybridized carbons (Fsp3) is 0.588. The second-order valence-corrected chi connectivity index (χ2v) is 5.81. The number of amides is 1. The number of nitrogens with one attached hydrogen (secondary N) is 1. The van der Waals surface area contributed by atoms with Gasteiger partial charge in [-0.3, -0.25) is 4.79 Å². The van der Waals surface area contributed by atoms with E-state index in [0.717, 1.165) is 44.3 Å². The molecular weight excluding hydrogens is 264 g/mol. The number of rotatable bonds is 5. The van der Waals surface area contributed by atoms with Crippen LogP contribution in [0.2, 0.25) is 0 Å². The van der Waals surface area contributed by atoms with Gasteiger partial charge in [0.1, 0.15) is 0 Å². The van der Waals surface area contributed by atoms with E-state index in [-0.39, 0.29) is 11.9 Å². The van der Waals surface area contributed by atoms with Crippen molar-refractivity contribution in [3.63, 3.8) is 0 Å². The molecule has 1 amide bonds. The predicted molar refractivity (Wildman–Crippen MR) is 85.6 cm³/mol. The van der Waals surface area contributed by atoms with Crippen LogP contribution in [0.4, 0.5) is 5.69 Å². The molecule has 1 aromatic rings. The molecule has 1 aliphatic carbocycles. The van der Waals surface area contributed by atoms with Gasteiger partial charge in [0.15, 0.2) is 0 Å². The van der Waals surface area contributed by atoms with Crippen molar-refractivity contribution in [2.75, 3.05) is 18.9 Å². The van der Waals surface area contributed by atoms with E-state index in [2.05, 4.69) is 12.2 Å². The van der Waals surface area contributed by atoms with Gasteiger partial charge < -0.3 is 15.3 Å². The minimum atomic E-state index is -0.400. The summed E-state index contributed by atoms with van der Waals surface area (Å²) < 4.78 is 0. The molecule has 0 spiro atoms. The Hall–Kier alpha value is -1.55. The lowest BCUT2D eigenvalue weighted by molar-refractivity contribution is 0.0268. The van der Waals surface area contributed by atoms with Crippen LogP contribution in [-0.2, 0) is 0 Å². The monoisotopic (exact) mass is 290 g/mol. The second-order valence-electron chi connectivity index (χ2n) is 5.81. The average Bonchev–Trinajstić information content (AvgIpc) is 2.52. The number of aliphatic hydroxyl groups is 1. The van der Waals surface area contributed by atoms with Crippen LogP contribution in [-0.4, -0.2) is 41.7 Å². The normalized spacial score (nSPS) is 21.9. The van der Waals surface area contributed by atoms with E-state index in [4.69, 9.17) is 0 Å². The standard InChI is InChI=1S/C17H26N2O2/c1-3-12-18-14-9-5-4-8-13(14)17(21)19(2)15-10-6-7-11-16(15)20/h4-5,8-9,15-16,18,20H,3,6-7,10-12H2,1-2H3. The molecule has 4 heteroatoms. The number of hydrogen-bond donors (Lipinski definition) is 2. The highest BCUT2D eigenvalue weighted by molar-refractivity contribution is 5.99. The summed E-state index contributed by atoms with van der Waals surface area (Å²) in [5.74, 6) is -0.0137. The molecule has 1 fully saturated rings. The van der Waals surface area contributed by atoms with E-state index < -0.39 is 6.10 Å². The molecule has 2 unspecified atom stereocenters. The molecule has 0 saturated heterocycles. The molecule has 1 saturated carbocycles. The average molecular weight is 290 g/mol. The van der Waals surface area contributed by atoms with Gasteiger partial charge in [0.25, 0.3) is 5.91 Å². The molecule has 2 rings (SSSR count). The first kappa shape index (κ1) is 15.8. The number of nitrogens with zero attached hydrogens (tertiary/aromatic N) is 1. The van der Waals surface area contributed by atoms with Crippen LogP contribution in [0.5, 0.6) is 0 Å². The predicted octanol–water partition coefficient (Wildman–Crippen LogP) is 2.88. The third-order valence-corrected chi connectivity index (χ3v) is 4.23. The van der Waals surface area contributed by atoms with Crippen molar-refractivity contribution < 1.29 is 9.90 Å². The summed E-state index contributed by atoms with van der Waals surface area (Å²) in [5, 5.41) is 13.4. The van der Waals surface area contributed by atoms with Crippen molar-refractivity contribution in [2.45, 2.75) is 51.2 Å². The number of para-hydroxylation sites is 1. The molecule has 0 heterocycles. The molecule has 1 aliphatic rings. The SMILES string of the molecule is CCCNc1ccccc1C(=O)N(C)C1CCCCC1O. The molecular formula is C17H26N2O2. The van der Waals surface area contributed by atoms with E-state index in [9.17, 15) is 9.90 Å². The highest BCUT2D eigenvalue weighted by Crippen LogP contribution is 2.25. The maximum absolute atomic E-state index is 12.7. The van der Waals surface area contributed by atoms with Crippen molar-refractivity contribution in [2.24, 2.45) is 0 Å². The van der Waals surface area contributed by atoms with Crippen LogP contribution < -0.4 is 5.32 Å². The van der Waals surface area contributed by atoms with Crippen LogP contribution in [0.1, 0.15) is 49.4 Å². The summed E-state index contributed by atoms with van der Waals surface area (Å²) in [4.78, 5) is 14.5. The highest BCUT2D eigenvalue weighted by Gasteiger charge is 2.30. The molecule has 2 atom stereocenters. The minimum absolute atomic E-state index is 0.0137. The summed E-state index contributed by atoms with van der Waals surface area (Å²) in [6.07, 6.45) is 4.42. The molecule has 21 heavy (non-hydrogen) atoms. The smallest absolute Gasteiger partial charge is 0.256 e. The number of carbonyl (C=O) groups is 1. The fourth-order valence-corrected chi connectivity index (χ4v) is 2.97. The van der Waals surface area contributed by atoms with E-state index in [0.29, 0.717) is 5.56 Å².